The molecule has 0 N–H and O–H groups in total. The first-order valence-corrected chi connectivity index (χ1v) is 11.5. The predicted molar refractivity (Wildman–Crippen MR) is 104 cm³/mol. The van der Waals surface area contributed by atoms with Crippen molar-refractivity contribution in [3.63, 3.8) is 0 Å². The van der Waals surface area contributed by atoms with Crippen LogP contribution in [0.5, 0.6) is 0 Å². The van der Waals surface area contributed by atoms with E-state index < -0.39 is 10.0 Å². The van der Waals surface area contributed by atoms with Gasteiger partial charge in [-0.05, 0) is 55.6 Å². The molecular weight excluding hydrogens is 348 g/mol. The van der Waals surface area contributed by atoms with Crippen molar-refractivity contribution in [2.75, 3.05) is 32.4 Å². The van der Waals surface area contributed by atoms with Crippen LogP contribution in [0.3, 0.4) is 0 Å². The molecule has 1 aromatic carbocycles. The van der Waals surface area contributed by atoms with Crippen molar-refractivity contribution in [3.8, 4) is 0 Å². The van der Waals surface area contributed by atoms with E-state index in [0.29, 0.717) is 19.5 Å². The molecule has 1 spiro atoms. The van der Waals surface area contributed by atoms with Crippen LogP contribution in [0.1, 0.15) is 56.6 Å². The number of hydrogen-bond donors (Lipinski definition) is 0. The Labute approximate surface area is 157 Å². The highest BCUT2D eigenvalue weighted by Gasteiger charge is 2.46. The lowest BCUT2D eigenvalue weighted by Crippen LogP contribution is -2.44. The molecule has 0 radical (unpaired) electrons. The van der Waals surface area contributed by atoms with Gasteiger partial charge in [0.05, 0.1) is 6.26 Å². The maximum atomic E-state index is 12.7. The fourth-order valence-electron chi connectivity index (χ4n) is 4.85. The van der Waals surface area contributed by atoms with Crippen LogP contribution in [0.25, 0.3) is 0 Å². The summed E-state index contributed by atoms with van der Waals surface area (Å²) in [5.74, 6) is 0.463. The molecule has 26 heavy (non-hydrogen) atoms. The van der Waals surface area contributed by atoms with Gasteiger partial charge in [0.15, 0.2) is 0 Å². The monoisotopic (exact) mass is 378 g/mol. The van der Waals surface area contributed by atoms with E-state index in [2.05, 4.69) is 24.3 Å². The van der Waals surface area contributed by atoms with Gasteiger partial charge >= 0.3 is 0 Å². The van der Waals surface area contributed by atoms with Crippen LogP contribution in [0.15, 0.2) is 24.3 Å². The van der Waals surface area contributed by atoms with E-state index in [1.54, 1.807) is 4.31 Å². The Morgan fingerprint density at radius 2 is 1.81 bits per heavy atom. The van der Waals surface area contributed by atoms with Gasteiger partial charge in [-0.1, -0.05) is 24.3 Å². The lowest BCUT2D eigenvalue weighted by molar-refractivity contribution is -0.131. The number of fused-ring (bicyclic) bond motifs is 2. The van der Waals surface area contributed by atoms with Crippen LogP contribution in [-0.4, -0.2) is 56.0 Å². The van der Waals surface area contributed by atoms with Gasteiger partial charge < -0.3 is 4.90 Å². The SMILES string of the molecule is CCN(CC)C(=O)C[C@H]1CC2(CCN(S(C)(=O)=O)CC2)c2ccccc21. The third-order valence-corrected chi connectivity index (χ3v) is 7.60. The summed E-state index contributed by atoms with van der Waals surface area (Å²) in [7, 11) is -3.13. The highest BCUT2D eigenvalue weighted by atomic mass is 32.2. The number of carbonyl (C=O) groups excluding carboxylic acids is 1. The first-order chi connectivity index (χ1) is 12.3. The Hall–Kier alpha value is -1.40. The van der Waals surface area contributed by atoms with Gasteiger partial charge in [-0.2, -0.15) is 0 Å². The molecule has 0 bridgehead atoms. The van der Waals surface area contributed by atoms with Crippen molar-refractivity contribution in [2.24, 2.45) is 0 Å². The van der Waals surface area contributed by atoms with E-state index in [4.69, 9.17) is 0 Å². The largest absolute Gasteiger partial charge is 0.343 e. The van der Waals surface area contributed by atoms with E-state index >= 15 is 0 Å². The van der Waals surface area contributed by atoms with Crippen molar-refractivity contribution in [1.82, 2.24) is 9.21 Å². The standard InChI is InChI=1S/C20H30N2O3S/c1-4-21(5-2)19(23)14-16-15-20(18-9-7-6-8-17(16)18)10-12-22(13-11-20)26(3,24)25/h6-9,16H,4-5,10-15H2,1-3H3/t16-/m0/s1. The quantitative estimate of drug-likeness (QED) is 0.792. The fourth-order valence-corrected chi connectivity index (χ4v) is 5.69. The van der Waals surface area contributed by atoms with Crippen LogP contribution in [-0.2, 0) is 20.2 Å². The van der Waals surface area contributed by atoms with Crippen LogP contribution in [0.4, 0.5) is 0 Å². The molecule has 5 nitrogen and oxygen atoms in total. The van der Waals surface area contributed by atoms with Crippen LogP contribution in [0.2, 0.25) is 0 Å². The van der Waals surface area contributed by atoms with E-state index in [9.17, 15) is 13.2 Å². The van der Waals surface area contributed by atoms with Gasteiger partial charge in [0.2, 0.25) is 15.9 Å². The lowest BCUT2D eigenvalue weighted by Gasteiger charge is -2.39. The van der Waals surface area contributed by atoms with Crippen molar-refractivity contribution in [3.05, 3.63) is 35.4 Å². The number of nitrogens with zero attached hydrogens (tertiary/aromatic N) is 2. The lowest BCUT2D eigenvalue weighted by atomic mass is 9.73. The van der Waals surface area contributed by atoms with Crippen molar-refractivity contribution < 1.29 is 13.2 Å². The summed E-state index contributed by atoms with van der Waals surface area (Å²) in [6.07, 6.45) is 4.48. The minimum Gasteiger partial charge on any atom is -0.343 e. The number of rotatable bonds is 5. The maximum Gasteiger partial charge on any atom is 0.223 e. The summed E-state index contributed by atoms with van der Waals surface area (Å²) in [4.78, 5) is 14.6. The molecule has 1 atom stereocenters. The van der Waals surface area contributed by atoms with Crippen LogP contribution >= 0.6 is 0 Å². The summed E-state index contributed by atoms with van der Waals surface area (Å²) in [6, 6.07) is 8.47. The predicted octanol–water partition coefficient (Wildman–Crippen LogP) is 2.73. The number of benzene rings is 1. The highest BCUT2D eigenvalue weighted by molar-refractivity contribution is 7.88. The third kappa shape index (κ3) is 3.54. The zero-order valence-corrected chi connectivity index (χ0v) is 16.9. The molecule has 0 saturated carbocycles. The molecule has 1 fully saturated rings. The topological polar surface area (TPSA) is 57.7 Å². The summed E-state index contributed by atoms with van der Waals surface area (Å²) < 4.78 is 25.3. The fraction of sp³-hybridized carbons (Fsp3) is 0.650. The molecule has 1 saturated heterocycles. The second kappa shape index (κ2) is 7.31. The number of hydrogen-bond acceptors (Lipinski definition) is 3. The molecule has 1 heterocycles. The Morgan fingerprint density at radius 1 is 1.19 bits per heavy atom. The van der Waals surface area contributed by atoms with Crippen LogP contribution < -0.4 is 0 Å². The third-order valence-electron chi connectivity index (χ3n) is 6.29. The van der Waals surface area contributed by atoms with Crippen molar-refractivity contribution >= 4 is 15.9 Å². The van der Waals surface area contributed by atoms with Gasteiger partial charge in [-0.15, -0.1) is 0 Å². The average molecular weight is 379 g/mol. The molecule has 144 valence electrons. The smallest absolute Gasteiger partial charge is 0.223 e. The van der Waals surface area contributed by atoms with E-state index in [-0.39, 0.29) is 17.2 Å². The maximum absolute atomic E-state index is 12.7. The second-order valence-electron chi connectivity index (χ2n) is 7.70. The average Bonchev–Trinajstić information content (AvgIpc) is 2.89. The van der Waals surface area contributed by atoms with Gasteiger partial charge in [-0.25, -0.2) is 12.7 Å². The molecule has 1 aliphatic heterocycles. The van der Waals surface area contributed by atoms with Crippen molar-refractivity contribution in [2.45, 2.75) is 50.9 Å². The Balaban J connectivity index is 1.82. The summed E-state index contributed by atoms with van der Waals surface area (Å²) >= 11 is 0. The second-order valence-corrected chi connectivity index (χ2v) is 9.68. The van der Waals surface area contributed by atoms with Crippen LogP contribution in [0, 0.1) is 0 Å². The van der Waals surface area contributed by atoms with Gasteiger partial charge in [0.25, 0.3) is 0 Å². The molecule has 0 unspecified atom stereocenters. The number of amides is 1. The van der Waals surface area contributed by atoms with Gasteiger partial charge in [-0.3, -0.25) is 4.79 Å². The zero-order chi connectivity index (χ0) is 18.9. The van der Waals surface area contributed by atoms with E-state index in [1.807, 2.05) is 18.7 Å². The van der Waals surface area contributed by atoms with Crippen molar-refractivity contribution in [1.29, 1.82) is 0 Å². The van der Waals surface area contributed by atoms with E-state index in [1.165, 1.54) is 17.4 Å². The first kappa shape index (κ1) is 19.4. The van der Waals surface area contributed by atoms with E-state index in [0.717, 1.165) is 32.4 Å². The molecule has 0 aromatic heterocycles. The number of sulfonamides is 1. The molecule has 1 aromatic rings. The molecule has 6 heteroatoms. The molecular formula is C20H30N2O3S. The molecule has 1 amide bonds. The minimum absolute atomic E-state index is 0.0198. The molecule has 2 aliphatic rings. The van der Waals surface area contributed by atoms with Gasteiger partial charge in [0.1, 0.15) is 0 Å². The Morgan fingerprint density at radius 3 is 2.38 bits per heavy atom. The molecule has 3 rings (SSSR count). The number of piperidine rings is 1. The zero-order valence-electron chi connectivity index (χ0n) is 16.1. The Bertz CT molecular complexity index is 763. The first-order valence-electron chi connectivity index (χ1n) is 9.63. The summed E-state index contributed by atoms with van der Waals surface area (Å²) in [5.41, 5.74) is 2.65. The minimum atomic E-state index is -3.13. The van der Waals surface area contributed by atoms with Gasteiger partial charge in [0, 0.05) is 32.6 Å². The highest BCUT2D eigenvalue weighted by Crippen LogP contribution is 2.52. The Kier molecular flexibility index (Phi) is 5.45. The summed E-state index contributed by atoms with van der Waals surface area (Å²) in [6.45, 7) is 6.68. The molecule has 1 aliphatic carbocycles. The summed E-state index contributed by atoms with van der Waals surface area (Å²) in [5, 5.41) is 0. The normalized spacial score (nSPS) is 22.3. The number of carbonyl (C=O) groups is 1.